The topological polar surface area (TPSA) is 94.3 Å². The van der Waals surface area contributed by atoms with Crippen LogP contribution in [0.2, 0.25) is 0 Å². The summed E-state index contributed by atoms with van der Waals surface area (Å²) in [7, 11) is 0. The Kier molecular flexibility index (Phi) is 7.02. The molecule has 36 heavy (non-hydrogen) atoms. The molecule has 3 aromatic rings. The smallest absolute Gasteiger partial charge is 0.257 e. The molecule has 1 saturated heterocycles. The number of nitrogens with one attached hydrogen (secondary N) is 1. The van der Waals surface area contributed by atoms with Crippen molar-refractivity contribution in [2.24, 2.45) is 0 Å². The van der Waals surface area contributed by atoms with E-state index in [2.05, 4.69) is 15.3 Å². The van der Waals surface area contributed by atoms with Gasteiger partial charge in [-0.25, -0.2) is 27.5 Å². The maximum Gasteiger partial charge on any atom is 0.257 e. The van der Waals surface area contributed by atoms with Crippen LogP contribution in [-0.4, -0.2) is 45.8 Å². The molecule has 0 radical (unpaired) electrons. The van der Waals surface area contributed by atoms with E-state index in [1.165, 1.54) is 12.1 Å². The highest BCUT2D eigenvalue weighted by Gasteiger charge is 2.46. The number of anilines is 1. The molecule has 1 aromatic carbocycles. The largest absolute Gasteiger partial charge is 0.619 e. The molecule has 1 amide bonds. The van der Waals surface area contributed by atoms with Crippen LogP contribution in [-0.2, 0) is 4.79 Å². The van der Waals surface area contributed by atoms with Gasteiger partial charge in [0, 0.05) is 31.6 Å². The molecule has 8 nitrogen and oxygen atoms in total. The van der Waals surface area contributed by atoms with Gasteiger partial charge >= 0.3 is 0 Å². The summed E-state index contributed by atoms with van der Waals surface area (Å²) in [4.78, 5) is 22.1. The molecule has 1 N–H and O–H groups in total. The molecule has 1 aliphatic heterocycles. The van der Waals surface area contributed by atoms with Crippen LogP contribution < -0.4 is 14.8 Å². The lowest BCUT2D eigenvalue weighted by Crippen LogP contribution is -2.52. The fraction of sp³-hybridized carbons (Fsp3) is 0.304. The van der Waals surface area contributed by atoms with E-state index in [0.717, 1.165) is 30.9 Å². The minimum Gasteiger partial charge on any atom is -0.619 e. The Morgan fingerprint density at radius 3 is 2.56 bits per heavy atom. The third-order valence-corrected chi connectivity index (χ3v) is 5.91. The second-order valence-electron chi connectivity index (χ2n) is 8.23. The minimum absolute atomic E-state index is 0.00640. The van der Waals surface area contributed by atoms with E-state index in [0.29, 0.717) is 16.4 Å². The highest BCUT2D eigenvalue weighted by atomic mass is 19.3. The molecule has 0 saturated carbocycles. The van der Waals surface area contributed by atoms with Crippen molar-refractivity contribution in [3.63, 3.8) is 0 Å². The molecule has 13 heteroatoms. The van der Waals surface area contributed by atoms with Gasteiger partial charge in [-0.3, -0.25) is 9.69 Å². The van der Waals surface area contributed by atoms with Gasteiger partial charge in [-0.2, -0.15) is 9.12 Å². The van der Waals surface area contributed by atoms with Crippen molar-refractivity contribution in [2.45, 2.75) is 31.2 Å². The van der Waals surface area contributed by atoms with Crippen LogP contribution in [0.15, 0.2) is 49.1 Å². The van der Waals surface area contributed by atoms with Crippen molar-refractivity contribution in [1.29, 1.82) is 0 Å². The molecule has 0 spiro atoms. The Morgan fingerprint density at radius 2 is 1.89 bits per heavy atom. The molecular formula is C23H20F5N5O3. The monoisotopic (exact) mass is 509 g/mol. The standard InChI is InChI=1S/C23H20F5N5O3/c1-13(32-9-6-23(27,28)15(12-32)14-4-7-33(35)8-5-14)22(34)31-18-10-30-19(11-29-18)36-17-3-2-16(24)20(25)21(17)26/h2-5,7-8,10-11,13,15H,6,9,12H2,1H3,(H,29,31,34). The average molecular weight is 509 g/mol. The van der Waals surface area contributed by atoms with E-state index in [1.54, 1.807) is 11.8 Å². The lowest BCUT2D eigenvalue weighted by molar-refractivity contribution is -0.605. The molecule has 2 unspecified atom stereocenters. The molecule has 4 rings (SSSR count). The summed E-state index contributed by atoms with van der Waals surface area (Å²) in [5, 5.41) is 13.8. The summed E-state index contributed by atoms with van der Waals surface area (Å²) in [6.45, 7) is 1.43. The van der Waals surface area contributed by atoms with Crippen LogP contribution in [0.5, 0.6) is 11.6 Å². The Hall–Kier alpha value is -3.87. The second kappa shape index (κ2) is 10.0. The third kappa shape index (κ3) is 5.35. The number of ether oxygens (including phenoxy) is 1. The zero-order valence-electron chi connectivity index (χ0n) is 18.8. The van der Waals surface area contributed by atoms with Crippen molar-refractivity contribution in [3.05, 3.63) is 77.3 Å². The average Bonchev–Trinajstić information content (AvgIpc) is 2.85. The maximum atomic E-state index is 14.6. The summed E-state index contributed by atoms with van der Waals surface area (Å²) >= 11 is 0. The third-order valence-electron chi connectivity index (χ3n) is 5.91. The maximum absolute atomic E-state index is 14.6. The van der Waals surface area contributed by atoms with E-state index in [-0.39, 0.29) is 24.8 Å². The van der Waals surface area contributed by atoms with Gasteiger partial charge in [-0.1, -0.05) is 0 Å². The highest BCUT2D eigenvalue weighted by Crippen LogP contribution is 2.40. The molecule has 3 heterocycles. The number of piperidine rings is 1. The first-order valence-corrected chi connectivity index (χ1v) is 10.8. The van der Waals surface area contributed by atoms with E-state index >= 15 is 0 Å². The number of hydrogen-bond donors (Lipinski definition) is 1. The predicted octanol–water partition coefficient (Wildman–Crippen LogP) is 3.77. The molecule has 2 atom stereocenters. The lowest BCUT2D eigenvalue weighted by Gasteiger charge is -2.40. The number of likely N-dealkylation sites (tertiary alicyclic amines) is 1. The first kappa shape index (κ1) is 25.2. The number of carbonyl (C=O) groups excluding carboxylic acids is 1. The molecule has 2 aromatic heterocycles. The molecule has 1 fully saturated rings. The zero-order chi connectivity index (χ0) is 26.0. The van der Waals surface area contributed by atoms with Crippen LogP contribution in [0.4, 0.5) is 27.8 Å². The van der Waals surface area contributed by atoms with Crippen molar-refractivity contribution in [1.82, 2.24) is 14.9 Å². The van der Waals surface area contributed by atoms with Crippen molar-refractivity contribution >= 4 is 11.7 Å². The molecule has 0 aliphatic carbocycles. The Labute approximate surface area is 201 Å². The van der Waals surface area contributed by atoms with Crippen LogP contribution in [0.25, 0.3) is 0 Å². The number of carbonyl (C=O) groups is 1. The predicted molar refractivity (Wildman–Crippen MR) is 116 cm³/mol. The van der Waals surface area contributed by atoms with Crippen molar-refractivity contribution in [2.75, 3.05) is 18.4 Å². The number of rotatable bonds is 6. The number of halogens is 5. The SMILES string of the molecule is CC(C(=O)Nc1cnc(Oc2ccc(F)c(F)c2F)cn1)N1CCC(F)(F)C(c2cc[n+]([O-])cc2)C1. The van der Waals surface area contributed by atoms with Gasteiger partial charge in [0.15, 0.2) is 35.6 Å². The zero-order valence-corrected chi connectivity index (χ0v) is 18.8. The first-order valence-electron chi connectivity index (χ1n) is 10.8. The highest BCUT2D eigenvalue weighted by molar-refractivity contribution is 5.93. The van der Waals surface area contributed by atoms with E-state index < -0.39 is 53.4 Å². The fourth-order valence-electron chi connectivity index (χ4n) is 3.81. The number of hydrogen-bond acceptors (Lipinski definition) is 6. The van der Waals surface area contributed by atoms with Crippen molar-refractivity contribution in [3.8, 4) is 11.6 Å². The van der Waals surface area contributed by atoms with Gasteiger partial charge in [0.2, 0.25) is 17.6 Å². The molecule has 1 aliphatic rings. The number of alkyl halides is 2. The van der Waals surface area contributed by atoms with Gasteiger partial charge in [-0.05, 0) is 24.6 Å². The van der Waals surface area contributed by atoms with Gasteiger partial charge in [-0.15, -0.1) is 0 Å². The summed E-state index contributed by atoms with van der Waals surface area (Å²) < 4.78 is 74.9. The number of nitrogens with zero attached hydrogens (tertiary/aromatic N) is 4. The Morgan fingerprint density at radius 1 is 1.17 bits per heavy atom. The van der Waals surface area contributed by atoms with Gasteiger partial charge < -0.3 is 15.3 Å². The van der Waals surface area contributed by atoms with E-state index in [1.807, 2.05) is 0 Å². The molecule has 190 valence electrons. The summed E-state index contributed by atoms with van der Waals surface area (Å²) in [6, 6.07) is 3.45. The number of amides is 1. The number of pyridine rings is 1. The van der Waals surface area contributed by atoms with E-state index in [9.17, 15) is 32.0 Å². The van der Waals surface area contributed by atoms with Crippen LogP contribution in [0, 0.1) is 22.7 Å². The van der Waals surface area contributed by atoms with Gasteiger partial charge in [0.25, 0.3) is 5.92 Å². The lowest BCUT2D eigenvalue weighted by atomic mass is 9.87. The van der Waals surface area contributed by atoms with Crippen LogP contribution >= 0.6 is 0 Å². The summed E-state index contributed by atoms with van der Waals surface area (Å²) in [5.41, 5.74) is 0.295. The molecular weight excluding hydrogens is 489 g/mol. The minimum atomic E-state index is -3.00. The van der Waals surface area contributed by atoms with Crippen LogP contribution in [0.1, 0.15) is 24.8 Å². The molecule has 0 bridgehead atoms. The number of aromatic nitrogens is 3. The fourth-order valence-corrected chi connectivity index (χ4v) is 3.81. The van der Waals surface area contributed by atoms with Crippen LogP contribution in [0.3, 0.4) is 0 Å². The van der Waals surface area contributed by atoms with Gasteiger partial charge in [0.05, 0.1) is 24.4 Å². The second-order valence-corrected chi connectivity index (χ2v) is 8.23. The Bertz CT molecular complexity index is 1240. The summed E-state index contributed by atoms with van der Waals surface area (Å²) in [5.74, 6) is -10.2. The van der Waals surface area contributed by atoms with Gasteiger partial charge in [0.1, 0.15) is 0 Å². The van der Waals surface area contributed by atoms with Crippen molar-refractivity contribution < 1.29 is 36.2 Å². The van der Waals surface area contributed by atoms with E-state index in [4.69, 9.17) is 4.74 Å². The normalized spacial score (nSPS) is 18.4. The summed E-state index contributed by atoms with van der Waals surface area (Å²) in [6.07, 6.45) is 3.97. The number of benzene rings is 1. The first-order chi connectivity index (χ1) is 17.0. The Balaban J connectivity index is 1.39. The quantitative estimate of drug-likeness (QED) is 0.235.